The molecule has 0 aliphatic rings. The molecular weight excluding hydrogens is 362 g/mol. The molecule has 0 aliphatic carbocycles. The van der Waals surface area contributed by atoms with Gasteiger partial charge >= 0.3 is 0 Å². The van der Waals surface area contributed by atoms with E-state index in [0.29, 0.717) is 5.75 Å². The molecule has 1 N–H and O–H groups in total. The van der Waals surface area contributed by atoms with Gasteiger partial charge in [0.15, 0.2) is 0 Å². The fourth-order valence-corrected chi connectivity index (χ4v) is 3.92. The van der Waals surface area contributed by atoms with Crippen LogP contribution in [0.25, 0.3) is 0 Å². The van der Waals surface area contributed by atoms with E-state index in [2.05, 4.69) is 27.9 Å². The molecule has 1 aromatic rings. The summed E-state index contributed by atoms with van der Waals surface area (Å²) in [6.45, 7) is 5.47. The first-order chi connectivity index (χ1) is 13.9. The van der Waals surface area contributed by atoms with Crippen LogP contribution < -0.4 is 9.47 Å². The van der Waals surface area contributed by atoms with E-state index >= 15 is 0 Å². The van der Waals surface area contributed by atoms with Crippen LogP contribution in [0.15, 0.2) is 18.2 Å². The van der Waals surface area contributed by atoms with Gasteiger partial charge in [-0.25, -0.2) is 0 Å². The van der Waals surface area contributed by atoms with Crippen LogP contribution in [0.2, 0.25) is 0 Å². The molecule has 0 heterocycles. The van der Waals surface area contributed by atoms with Crippen LogP contribution in [0.3, 0.4) is 0 Å². The van der Waals surface area contributed by atoms with Crippen molar-refractivity contribution >= 4 is 0 Å². The van der Waals surface area contributed by atoms with Gasteiger partial charge in [0, 0.05) is 5.56 Å². The fourth-order valence-electron chi connectivity index (χ4n) is 3.92. The van der Waals surface area contributed by atoms with Crippen LogP contribution in [0.4, 0.5) is 0 Å². The van der Waals surface area contributed by atoms with Gasteiger partial charge in [0.1, 0.15) is 23.6 Å². The lowest BCUT2D eigenvalue weighted by molar-refractivity contribution is -0.917. The number of benzene rings is 1. The molecule has 0 radical (unpaired) electrons. The predicted octanol–water partition coefficient (Wildman–Crippen LogP) is 6.12. The lowest BCUT2D eigenvalue weighted by Gasteiger charge is -2.39. The molecule has 1 rings (SSSR count). The fraction of sp³-hybridized carbons (Fsp3) is 0.760. The third-order valence-corrected chi connectivity index (χ3v) is 6.40. The zero-order chi connectivity index (χ0) is 21.7. The zero-order valence-electron chi connectivity index (χ0n) is 19.9. The maximum absolute atomic E-state index is 11.1. The second-order valence-corrected chi connectivity index (χ2v) is 8.98. The molecule has 0 amide bonds. The van der Waals surface area contributed by atoms with Gasteiger partial charge in [-0.15, -0.1) is 0 Å². The van der Waals surface area contributed by atoms with Gasteiger partial charge in [-0.05, 0) is 38.0 Å². The molecule has 1 aromatic carbocycles. The largest absolute Gasteiger partial charge is 0.497 e. The van der Waals surface area contributed by atoms with Crippen molar-refractivity contribution in [2.24, 2.45) is 0 Å². The molecule has 0 spiro atoms. The molecule has 4 heteroatoms. The number of ether oxygens (including phenoxy) is 2. The number of hydrogen-bond acceptors (Lipinski definition) is 3. The van der Waals surface area contributed by atoms with Crippen LogP contribution in [0, 0.1) is 0 Å². The second kappa shape index (κ2) is 13.9. The number of aliphatic hydroxyl groups is 1. The summed E-state index contributed by atoms with van der Waals surface area (Å²) in [5.74, 6) is 1.45. The molecule has 0 saturated carbocycles. The van der Waals surface area contributed by atoms with Crippen LogP contribution >= 0.6 is 0 Å². The van der Waals surface area contributed by atoms with Crippen molar-refractivity contribution < 1.29 is 19.1 Å². The number of aliphatic hydroxyl groups excluding tert-OH is 1. The predicted molar refractivity (Wildman–Crippen MR) is 123 cm³/mol. The highest BCUT2D eigenvalue weighted by Gasteiger charge is 2.33. The average molecular weight is 409 g/mol. The Hall–Kier alpha value is -1.26. The van der Waals surface area contributed by atoms with E-state index in [1.807, 2.05) is 18.2 Å². The number of methoxy groups -OCH3 is 2. The number of nitrogens with zero attached hydrogens (tertiary/aromatic N) is 1. The summed E-state index contributed by atoms with van der Waals surface area (Å²) in [7, 11) is 7.72. The average Bonchev–Trinajstić information content (AvgIpc) is 2.73. The topological polar surface area (TPSA) is 38.7 Å². The molecule has 168 valence electrons. The van der Waals surface area contributed by atoms with Crippen molar-refractivity contribution in [3.63, 3.8) is 0 Å². The quantitative estimate of drug-likeness (QED) is 0.264. The van der Waals surface area contributed by atoms with Crippen LogP contribution in [-0.4, -0.2) is 50.5 Å². The Balaban J connectivity index is 2.43. The maximum atomic E-state index is 11.1. The Bertz CT molecular complexity index is 559. The molecule has 0 aliphatic heterocycles. The summed E-state index contributed by atoms with van der Waals surface area (Å²) >= 11 is 0. The summed E-state index contributed by atoms with van der Waals surface area (Å²) in [5.41, 5.74) is 0.800. The van der Waals surface area contributed by atoms with Crippen molar-refractivity contribution in [1.82, 2.24) is 0 Å². The summed E-state index contributed by atoms with van der Waals surface area (Å²) in [6.07, 6.45) is 12.9. The summed E-state index contributed by atoms with van der Waals surface area (Å²) in [4.78, 5) is 0. The third kappa shape index (κ3) is 8.96. The number of quaternary nitrogens is 1. The lowest BCUT2D eigenvalue weighted by Crippen LogP contribution is -2.50. The highest BCUT2D eigenvalue weighted by Crippen LogP contribution is 2.33. The molecule has 0 aromatic heterocycles. The van der Waals surface area contributed by atoms with Crippen LogP contribution in [-0.2, 0) is 0 Å². The SMILES string of the molecule is CCCCCCCCCCCC[N+](C)(C)C(C)C(O)c1cc(OC)ccc1OC. The number of hydrogen-bond donors (Lipinski definition) is 1. The van der Waals surface area contributed by atoms with Gasteiger partial charge in [0.05, 0.1) is 34.9 Å². The molecular formula is C25H46NO3+. The Labute approximate surface area is 179 Å². The van der Waals surface area contributed by atoms with Crippen molar-refractivity contribution in [2.45, 2.75) is 90.2 Å². The van der Waals surface area contributed by atoms with E-state index in [1.165, 1.54) is 64.2 Å². The smallest absolute Gasteiger partial charge is 0.134 e. The van der Waals surface area contributed by atoms with Gasteiger partial charge in [-0.1, -0.05) is 58.3 Å². The van der Waals surface area contributed by atoms with Crippen molar-refractivity contribution in [1.29, 1.82) is 0 Å². The first-order valence-electron chi connectivity index (χ1n) is 11.6. The number of unbranched alkanes of at least 4 members (excludes halogenated alkanes) is 9. The maximum Gasteiger partial charge on any atom is 0.134 e. The lowest BCUT2D eigenvalue weighted by atomic mass is 9.99. The zero-order valence-corrected chi connectivity index (χ0v) is 19.9. The molecule has 2 unspecified atom stereocenters. The summed E-state index contributed by atoms with van der Waals surface area (Å²) in [6, 6.07) is 5.69. The van der Waals surface area contributed by atoms with E-state index in [-0.39, 0.29) is 6.04 Å². The normalized spacial score (nSPS) is 13.9. The van der Waals surface area contributed by atoms with E-state index < -0.39 is 6.10 Å². The van der Waals surface area contributed by atoms with Gasteiger partial charge in [0.2, 0.25) is 0 Å². The van der Waals surface area contributed by atoms with Crippen molar-refractivity contribution in [3.8, 4) is 11.5 Å². The van der Waals surface area contributed by atoms with E-state index in [9.17, 15) is 5.11 Å². The first kappa shape index (κ1) is 25.8. The van der Waals surface area contributed by atoms with E-state index in [0.717, 1.165) is 22.3 Å². The van der Waals surface area contributed by atoms with E-state index in [4.69, 9.17) is 9.47 Å². The molecule has 0 saturated heterocycles. The second-order valence-electron chi connectivity index (χ2n) is 8.98. The van der Waals surface area contributed by atoms with Gasteiger partial charge < -0.3 is 19.1 Å². The van der Waals surface area contributed by atoms with Crippen LogP contribution in [0.5, 0.6) is 11.5 Å². The van der Waals surface area contributed by atoms with Crippen molar-refractivity contribution in [2.75, 3.05) is 34.9 Å². The number of likely N-dealkylation sites (N-methyl/N-ethyl adjacent to an activating group) is 1. The molecule has 2 atom stereocenters. The molecule has 0 fully saturated rings. The standard InChI is InChI=1S/C25H46NO3/c1-7-8-9-10-11-12-13-14-15-16-19-26(3,4)21(2)25(27)23-20-22(28-5)17-18-24(23)29-6/h17-18,20-21,25,27H,7-16,19H2,1-6H3/q+1. The Kier molecular flexibility index (Phi) is 12.3. The highest BCUT2D eigenvalue weighted by molar-refractivity contribution is 5.42. The minimum absolute atomic E-state index is 0.0644. The minimum Gasteiger partial charge on any atom is -0.497 e. The molecule has 4 nitrogen and oxygen atoms in total. The number of rotatable bonds is 16. The molecule has 29 heavy (non-hydrogen) atoms. The van der Waals surface area contributed by atoms with E-state index in [1.54, 1.807) is 14.2 Å². The Morgan fingerprint density at radius 3 is 1.93 bits per heavy atom. The van der Waals surface area contributed by atoms with Gasteiger partial charge in [-0.2, -0.15) is 0 Å². The van der Waals surface area contributed by atoms with Crippen molar-refractivity contribution in [3.05, 3.63) is 23.8 Å². The third-order valence-electron chi connectivity index (χ3n) is 6.40. The Morgan fingerprint density at radius 1 is 0.862 bits per heavy atom. The summed E-state index contributed by atoms with van der Waals surface area (Å²) < 4.78 is 11.6. The van der Waals surface area contributed by atoms with Crippen LogP contribution in [0.1, 0.15) is 89.7 Å². The van der Waals surface area contributed by atoms with Gasteiger partial charge in [-0.3, -0.25) is 0 Å². The summed E-state index contributed by atoms with van der Waals surface area (Å²) in [5, 5.41) is 11.1. The van der Waals surface area contributed by atoms with Gasteiger partial charge in [0.25, 0.3) is 0 Å². The molecule has 0 bridgehead atoms. The Morgan fingerprint density at radius 2 is 1.41 bits per heavy atom. The monoisotopic (exact) mass is 408 g/mol. The first-order valence-corrected chi connectivity index (χ1v) is 11.6. The highest BCUT2D eigenvalue weighted by atomic mass is 16.5. The minimum atomic E-state index is -0.599.